The number of rotatable bonds is 10. The van der Waals surface area contributed by atoms with Crippen molar-refractivity contribution in [2.45, 2.75) is 25.3 Å². The van der Waals surface area contributed by atoms with Gasteiger partial charge in [0.1, 0.15) is 0 Å². The van der Waals surface area contributed by atoms with Crippen molar-refractivity contribution in [1.82, 2.24) is 0 Å². The van der Waals surface area contributed by atoms with Crippen molar-refractivity contribution in [2.75, 3.05) is 17.2 Å². The molecule has 1 heterocycles. The Hall–Kier alpha value is -5.46. The van der Waals surface area contributed by atoms with Crippen molar-refractivity contribution in [3.63, 3.8) is 0 Å². The molecule has 0 spiro atoms. The second-order valence-electron chi connectivity index (χ2n) is 11.2. The van der Waals surface area contributed by atoms with Gasteiger partial charge in [-0.25, -0.2) is 4.79 Å². The Morgan fingerprint density at radius 3 is 1.91 bits per heavy atom. The minimum absolute atomic E-state index is 0.249. The second kappa shape index (κ2) is 13.0. The molecule has 0 aliphatic carbocycles. The second-order valence-corrected chi connectivity index (χ2v) is 11.2. The molecule has 0 saturated heterocycles. The molecule has 0 radical (unpaired) electrons. The first kappa shape index (κ1) is 29.6. The highest BCUT2D eigenvalue weighted by atomic mass is 16.5. The predicted octanol–water partition coefficient (Wildman–Crippen LogP) is 7.44. The number of nitrogens with two attached hydrogens (primary N) is 1. The van der Waals surface area contributed by atoms with E-state index in [9.17, 15) is 9.59 Å². The number of carbonyl (C=O) groups excluding carboxylic acids is 2. The van der Waals surface area contributed by atoms with Gasteiger partial charge in [0.25, 0.3) is 5.91 Å². The van der Waals surface area contributed by atoms with Gasteiger partial charge in [-0.15, -0.1) is 0 Å². The number of benzene rings is 5. The van der Waals surface area contributed by atoms with Gasteiger partial charge in [0.15, 0.2) is 0 Å². The zero-order valence-electron chi connectivity index (χ0n) is 25.1. The van der Waals surface area contributed by atoms with E-state index in [4.69, 9.17) is 10.5 Å². The van der Waals surface area contributed by atoms with E-state index in [0.717, 1.165) is 16.8 Å². The quantitative estimate of drug-likeness (QED) is 0.116. The Balaban J connectivity index is 1.36. The van der Waals surface area contributed by atoms with Crippen LogP contribution in [0.15, 0.2) is 133 Å². The summed E-state index contributed by atoms with van der Waals surface area (Å²) in [6, 6.07) is 43.7. The lowest BCUT2D eigenvalue weighted by Crippen LogP contribution is -2.41. The standard InChI is InChI=1S/C39H35N3O3/c1-2-45-38(44)30-18-23-33-34(24-30)42-37(43)35(33)36(29-16-10-5-11-17-29)41-32-21-19-31(20-22-32)39(40,25-27-12-6-3-7-13-27)26-28-14-8-4-9-15-28/h3-24,41H,2,25-26,40H2,1H3,(H,42,43)/b36-35+. The number of hydrogen-bond donors (Lipinski definition) is 3. The molecule has 0 unspecified atom stereocenters. The number of nitrogens with one attached hydrogen (secondary N) is 2. The van der Waals surface area contributed by atoms with Crippen LogP contribution in [0.2, 0.25) is 0 Å². The third-order valence-electron chi connectivity index (χ3n) is 8.04. The summed E-state index contributed by atoms with van der Waals surface area (Å²) >= 11 is 0. The van der Waals surface area contributed by atoms with Crippen molar-refractivity contribution in [3.05, 3.63) is 167 Å². The monoisotopic (exact) mass is 593 g/mol. The third kappa shape index (κ3) is 6.56. The highest BCUT2D eigenvalue weighted by Crippen LogP contribution is 2.38. The van der Waals surface area contributed by atoms with Crippen molar-refractivity contribution in [3.8, 4) is 0 Å². The SMILES string of the molecule is CCOC(=O)c1ccc2c(c1)NC(=O)/C2=C(/Nc1ccc(C(N)(Cc2ccccc2)Cc2ccccc2)cc1)c1ccccc1. The van der Waals surface area contributed by atoms with E-state index >= 15 is 0 Å². The zero-order valence-corrected chi connectivity index (χ0v) is 25.1. The van der Waals surface area contributed by atoms with Gasteiger partial charge >= 0.3 is 5.97 Å². The first-order valence-electron chi connectivity index (χ1n) is 15.1. The van der Waals surface area contributed by atoms with E-state index in [0.29, 0.717) is 40.9 Å². The van der Waals surface area contributed by atoms with Gasteiger partial charge in [0.2, 0.25) is 0 Å². The summed E-state index contributed by atoms with van der Waals surface area (Å²) in [5.74, 6) is -0.676. The molecule has 1 amide bonds. The minimum atomic E-state index is -0.636. The lowest BCUT2D eigenvalue weighted by atomic mass is 9.80. The minimum Gasteiger partial charge on any atom is -0.462 e. The molecule has 5 aromatic carbocycles. The number of hydrogen-bond acceptors (Lipinski definition) is 5. The molecular weight excluding hydrogens is 558 g/mol. The van der Waals surface area contributed by atoms with Gasteiger partial charge in [0, 0.05) is 16.8 Å². The Morgan fingerprint density at radius 1 is 0.756 bits per heavy atom. The van der Waals surface area contributed by atoms with E-state index in [-0.39, 0.29) is 12.5 Å². The normalized spacial score (nSPS) is 13.5. The van der Waals surface area contributed by atoms with Crippen LogP contribution >= 0.6 is 0 Å². The number of anilines is 2. The molecule has 45 heavy (non-hydrogen) atoms. The van der Waals surface area contributed by atoms with E-state index in [1.54, 1.807) is 25.1 Å². The molecule has 0 fully saturated rings. The molecule has 1 aliphatic rings. The van der Waals surface area contributed by atoms with Crippen LogP contribution in [0.1, 0.15) is 45.1 Å². The van der Waals surface area contributed by atoms with Crippen LogP contribution in [0.25, 0.3) is 11.3 Å². The molecule has 1 aliphatic heterocycles. The number of amides is 1. The van der Waals surface area contributed by atoms with Gasteiger partial charge in [0.05, 0.1) is 29.1 Å². The molecule has 4 N–H and O–H groups in total. The highest BCUT2D eigenvalue weighted by Gasteiger charge is 2.31. The molecule has 6 nitrogen and oxygen atoms in total. The van der Waals surface area contributed by atoms with Gasteiger partial charge in [-0.1, -0.05) is 109 Å². The van der Waals surface area contributed by atoms with Gasteiger partial charge in [-0.3, -0.25) is 4.79 Å². The summed E-state index contributed by atoms with van der Waals surface area (Å²) in [5.41, 5.74) is 14.5. The fourth-order valence-corrected chi connectivity index (χ4v) is 5.86. The van der Waals surface area contributed by atoms with Gasteiger partial charge in [-0.2, -0.15) is 0 Å². The maximum absolute atomic E-state index is 13.4. The predicted molar refractivity (Wildman–Crippen MR) is 181 cm³/mol. The van der Waals surface area contributed by atoms with Gasteiger partial charge < -0.3 is 21.1 Å². The van der Waals surface area contributed by atoms with E-state index in [1.807, 2.05) is 78.9 Å². The molecule has 6 rings (SSSR count). The summed E-state index contributed by atoms with van der Waals surface area (Å²) in [7, 11) is 0. The van der Waals surface area contributed by atoms with Crippen LogP contribution in [0.3, 0.4) is 0 Å². The maximum Gasteiger partial charge on any atom is 0.338 e. The van der Waals surface area contributed by atoms with Crippen LogP contribution in [-0.2, 0) is 27.9 Å². The molecule has 0 atom stereocenters. The summed E-state index contributed by atoms with van der Waals surface area (Å²) < 4.78 is 5.15. The molecular formula is C39H35N3O3. The number of ether oxygens (including phenoxy) is 1. The fourth-order valence-electron chi connectivity index (χ4n) is 5.86. The maximum atomic E-state index is 13.4. The van der Waals surface area contributed by atoms with E-state index in [2.05, 4.69) is 47.0 Å². The topological polar surface area (TPSA) is 93.4 Å². The number of esters is 1. The van der Waals surface area contributed by atoms with Gasteiger partial charge in [-0.05, 0) is 66.3 Å². The first-order chi connectivity index (χ1) is 21.9. The Labute approximate surface area is 263 Å². The highest BCUT2D eigenvalue weighted by molar-refractivity contribution is 6.37. The Bertz CT molecular complexity index is 1790. The van der Waals surface area contributed by atoms with Crippen LogP contribution in [0.5, 0.6) is 0 Å². The van der Waals surface area contributed by atoms with Crippen LogP contribution < -0.4 is 16.4 Å². The summed E-state index contributed by atoms with van der Waals surface area (Å²) in [6.45, 7) is 2.04. The average Bonchev–Trinajstić information content (AvgIpc) is 3.40. The summed E-state index contributed by atoms with van der Waals surface area (Å²) in [5, 5.41) is 6.47. The van der Waals surface area contributed by atoms with Crippen LogP contribution in [0, 0.1) is 0 Å². The van der Waals surface area contributed by atoms with Crippen LogP contribution in [-0.4, -0.2) is 18.5 Å². The summed E-state index contributed by atoms with van der Waals surface area (Å²) in [4.78, 5) is 25.8. The number of carbonyl (C=O) groups is 2. The third-order valence-corrected chi connectivity index (χ3v) is 8.04. The first-order valence-corrected chi connectivity index (χ1v) is 15.1. The van der Waals surface area contributed by atoms with Crippen molar-refractivity contribution < 1.29 is 14.3 Å². The van der Waals surface area contributed by atoms with Crippen molar-refractivity contribution >= 4 is 34.5 Å². The lowest BCUT2D eigenvalue weighted by Gasteiger charge is -2.31. The van der Waals surface area contributed by atoms with E-state index in [1.165, 1.54) is 11.1 Å². The lowest BCUT2D eigenvalue weighted by molar-refractivity contribution is -0.110. The Morgan fingerprint density at radius 2 is 1.33 bits per heavy atom. The van der Waals surface area contributed by atoms with E-state index < -0.39 is 11.5 Å². The molecule has 224 valence electrons. The molecule has 0 aromatic heterocycles. The average molecular weight is 594 g/mol. The molecule has 6 heteroatoms. The smallest absolute Gasteiger partial charge is 0.338 e. The Kier molecular flexibility index (Phi) is 8.58. The van der Waals surface area contributed by atoms with Crippen LogP contribution in [0.4, 0.5) is 11.4 Å². The molecule has 0 bridgehead atoms. The van der Waals surface area contributed by atoms with Crippen molar-refractivity contribution in [2.24, 2.45) is 5.73 Å². The fraction of sp³-hybridized carbons (Fsp3) is 0.128. The summed E-state index contributed by atoms with van der Waals surface area (Å²) in [6.07, 6.45) is 1.36. The largest absolute Gasteiger partial charge is 0.462 e. The molecule has 0 saturated carbocycles. The number of fused-ring (bicyclic) bond motifs is 1. The zero-order chi connectivity index (χ0) is 31.2. The van der Waals surface area contributed by atoms with Crippen molar-refractivity contribution in [1.29, 1.82) is 0 Å². The molecule has 5 aromatic rings.